The second-order valence-corrected chi connectivity index (χ2v) is 19.5. The third-order valence-corrected chi connectivity index (χ3v) is 12.4. The lowest BCUT2D eigenvalue weighted by atomic mass is 9.99. The first kappa shape index (κ1) is 57.8. The van der Waals surface area contributed by atoms with Crippen molar-refractivity contribution in [2.75, 3.05) is 32.9 Å². The van der Waals surface area contributed by atoms with Gasteiger partial charge in [0.25, 0.3) is 0 Å². The summed E-state index contributed by atoms with van der Waals surface area (Å²) in [6, 6.07) is 2.38. The van der Waals surface area contributed by atoms with E-state index in [1.54, 1.807) is 0 Å². The number of fused-ring (bicyclic) bond motifs is 2. The van der Waals surface area contributed by atoms with E-state index >= 15 is 0 Å². The van der Waals surface area contributed by atoms with Gasteiger partial charge in [-0.15, -0.1) is 0 Å². The van der Waals surface area contributed by atoms with Gasteiger partial charge in [-0.3, -0.25) is 33.6 Å². The van der Waals surface area contributed by atoms with E-state index in [1.807, 2.05) is 30.3 Å². The number of nitrogens with one attached hydrogen (secondary N) is 5. The Morgan fingerprint density at radius 1 is 0.770 bits per heavy atom. The Morgan fingerprint density at radius 2 is 1.43 bits per heavy atom. The molecule has 3 saturated heterocycles. The number of carbonyl (C=O) groups is 7. The molecule has 0 aliphatic carbocycles. The van der Waals surface area contributed by atoms with Gasteiger partial charge in [-0.1, -0.05) is 43.3 Å². The molecule has 0 bridgehead atoms. The molecule has 0 saturated carbocycles. The van der Waals surface area contributed by atoms with Crippen molar-refractivity contribution in [3.05, 3.63) is 82.5 Å². The van der Waals surface area contributed by atoms with Crippen LogP contribution in [0, 0.1) is 19.1 Å². The average Bonchev–Trinajstić information content (AvgIpc) is 3.88. The van der Waals surface area contributed by atoms with Crippen molar-refractivity contribution in [1.29, 1.82) is 0 Å². The third kappa shape index (κ3) is 15.2. The molecule has 3 aliphatic rings. The summed E-state index contributed by atoms with van der Waals surface area (Å²) < 4.78 is 16.9. The Bertz CT molecular complexity index is 2430. The zero-order valence-corrected chi connectivity index (χ0v) is 41.5. The Labute approximate surface area is 427 Å². The average molecular weight is 1040 g/mol. The Balaban J connectivity index is 1.58. The number of β-amino-alcohol motifs (C(OH)–C–C–N with tert-alkyl or cyclic N) is 1. The molecule has 25 nitrogen and oxygen atoms in total. The lowest BCUT2D eigenvalue weighted by Crippen LogP contribution is -2.64. The number of alkyl carbamates (subject to hydrolysis) is 1. The fourth-order valence-electron chi connectivity index (χ4n) is 8.67. The largest absolute Gasteiger partial charge is 0.485 e. The minimum atomic E-state index is -2.08. The summed E-state index contributed by atoms with van der Waals surface area (Å²) in [6.45, 7) is 19.3. The van der Waals surface area contributed by atoms with Crippen LogP contribution in [0.1, 0.15) is 58.6 Å². The number of nitrogens with zero attached hydrogens (tertiary/aromatic N) is 4. The first-order valence-corrected chi connectivity index (χ1v) is 23.9. The van der Waals surface area contributed by atoms with Gasteiger partial charge < -0.3 is 86.1 Å². The number of benzene rings is 2. The Morgan fingerprint density at radius 3 is 2.08 bits per heavy atom. The quantitative estimate of drug-likeness (QED) is 0.0978. The van der Waals surface area contributed by atoms with Gasteiger partial charge in [0.15, 0.2) is 17.6 Å². The minimum Gasteiger partial charge on any atom is -0.485 e. The molecule has 1 unspecified atom stereocenters. The zero-order valence-electron chi connectivity index (χ0n) is 41.5. The first-order chi connectivity index (χ1) is 34.9. The lowest BCUT2D eigenvalue weighted by Gasteiger charge is -2.33. The van der Waals surface area contributed by atoms with Crippen molar-refractivity contribution < 1.29 is 78.4 Å². The second kappa shape index (κ2) is 25.7. The van der Waals surface area contributed by atoms with E-state index < -0.39 is 172 Å². The monoisotopic (exact) mass is 1040 g/mol. The number of carbonyl (C=O) groups excluding carboxylic acids is 7. The van der Waals surface area contributed by atoms with Gasteiger partial charge >= 0.3 is 12.8 Å². The first-order valence-electron chi connectivity index (χ1n) is 23.9. The summed E-state index contributed by atoms with van der Waals surface area (Å²) in [5, 5.41) is 79.3. The summed E-state index contributed by atoms with van der Waals surface area (Å²) in [5.74, 6) is -7.47. The van der Waals surface area contributed by atoms with Crippen LogP contribution in [0.2, 0.25) is 0 Å². The SMILES string of the molecule is [C-]#[N+]COc1cc(C[C@@H](O)[C@@H]2NC(=O)[C@@H]3C[C@@H](O)CN3C(=O)[C@H]([C@@H](C)O)NC(=O)C(NC(=O)OC(C)(C)C)C[C@@H](O)CNC(=O)[C@@H]3[C@@H](O)[C@@H](C)CN3C(=O)[C@H]([C@H](O)C[N+]#[C-])NC2=O)ccc1OCc1ccccc1. The fraction of sp³-hybridized carbons (Fsp3) is 0.571. The molecule has 402 valence electrons. The van der Waals surface area contributed by atoms with Crippen LogP contribution < -0.4 is 36.1 Å². The molecule has 0 spiro atoms. The molecule has 2 aromatic carbocycles. The summed E-state index contributed by atoms with van der Waals surface area (Å²) in [7, 11) is 0. The van der Waals surface area contributed by atoms with Gasteiger partial charge in [0, 0.05) is 44.8 Å². The van der Waals surface area contributed by atoms with Crippen molar-refractivity contribution >= 4 is 41.5 Å². The van der Waals surface area contributed by atoms with E-state index in [0.29, 0.717) is 0 Å². The number of hydrogen-bond acceptors (Lipinski definition) is 16. The molecule has 5 rings (SSSR count). The number of rotatable bonds is 12. The highest BCUT2D eigenvalue weighted by atomic mass is 16.6. The van der Waals surface area contributed by atoms with E-state index in [2.05, 4.69) is 36.3 Å². The van der Waals surface area contributed by atoms with Crippen LogP contribution in [-0.2, 0) is 46.5 Å². The molecular weight excluding hydrogens is 971 g/mol. The topological polar surface area (TPSA) is 344 Å². The fourth-order valence-corrected chi connectivity index (χ4v) is 8.67. The number of hydrogen-bond donors (Lipinski definition) is 11. The van der Waals surface area contributed by atoms with Crippen molar-refractivity contribution in [2.45, 2.75) is 139 Å². The minimum absolute atomic E-state index is 0.0749. The molecular formula is C49H65N9O16. The summed E-state index contributed by atoms with van der Waals surface area (Å²) >= 11 is 0. The van der Waals surface area contributed by atoms with Crippen LogP contribution in [0.3, 0.4) is 0 Å². The summed E-state index contributed by atoms with van der Waals surface area (Å²) in [6.07, 6.45) is -13.0. The number of amides is 7. The molecule has 0 aromatic heterocycles. The lowest BCUT2D eigenvalue weighted by molar-refractivity contribution is -0.147. The zero-order chi connectivity index (χ0) is 54.6. The van der Waals surface area contributed by atoms with Gasteiger partial charge in [0.05, 0.1) is 30.5 Å². The van der Waals surface area contributed by atoms with E-state index in [0.717, 1.165) is 22.3 Å². The predicted octanol–water partition coefficient (Wildman–Crippen LogP) is -2.52. The van der Waals surface area contributed by atoms with E-state index in [1.165, 1.54) is 45.9 Å². The van der Waals surface area contributed by atoms with Gasteiger partial charge in [0.2, 0.25) is 42.0 Å². The molecule has 3 heterocycles. The Hall–Kier alpha value is -7.13. The standard InChI is InChI=1S/C49H65N9O16/c1-25-21-58-40(41(25)64)45(68)52-19-29(60)17-31(53-48(71)74-49(3,4)5)42(65)54-37(26(2)59)46(69)57-22-30(61)18-32(57)43(66)55-38(44(67)56-39(47(58)70)34(63)20-50-6)33(62)15-28-13-14-35(36(16-28)73-24-51-7)72-23-27-11-9-8-10-12-27/h8-14,16,25-26,29-34,37-41,59-64H,15,17-24H2,1-5H3,(H,52,68)(H,53,71)(H,54,65)(H,55,66)(H,56,67)/t25-,26+,29+,30+,31?,32-,33+,34+,37-,38-,39-,40-,41-/m0/s1. The molecule has 25 heteroatoms. The molecule has 74 heavy (non-hydrogen) atoms. The van der Waals surface area contributed by atoms with Crippen LogP contribution >= 0.6 is 0 Å². The third-order valence-electron chi connectivity index (χ3n) is 12.4. The van der Waals surface area contributed by atoms with Gasteiger partial charge in [-0.25, -0.2) is 17.9 Å². The van der Waals surface area contributed by atoms with Crippen molar-refractivity contribution in [1.82, 2.24) is 36.4 Å². The highest BCUT2D eigenvalue weighted by Crippen LogP contribution is 2.31. The van der Waals surface area contributed by atoms with Crippen molar-refractivity contribution in [3.8, 4) is 11.5 Å². The van der Waals surface area contributed by atoms with E-state index in [-0.39, 0.29) is 30.2 Å². The second-order valence-electron chi connectivity index (χ2n) is 19.5. The van der Waals surface area contributed by atoms with Crippen LogP contribution in [0.25, 0.3) is 9.69 Å². The normalized spacial score (nSPS) is 27.7. The van der Waals surface area contributed by atoms with Gasteiger partial charge in [-0.2, -0.15) is 0 Å². The van der Waals surface area contributed by atoms with E-state index in [9.17, 15) is 64.2 Å². The summed E-state index contributed by atoms with van der Waals surface area (Å²) in [4.78, 5) is 107. The molecule has 7 amide bonds. The number of ether oxygens (including phenoxy) is 3. The smallest absolute Gasteiger partial charge is 0.408 e. The van der Waals surface area contributed by atoms with Crippen LogP contribution in [0.15, 0.2) is 48.5 Å². The maximum atomic E-state index is 14.6. The molecule has 3 fully saturated rings. The van der Waals surface area contributed by atoms with Crippen molar-refractivity contribution in [3.63, 3.8) is 0 Å². The highest BCUT2D eigenvalue weighted by Gasteiger charge is 2.50. The molecule has 13 atom stereocenters. The van der Waals surface area contributed by atoms with Crippen LogP contribution in [-0.4, -0.2) is 193 Å². The van der Waals surface area contributed by atoms with Crippen LogP contribution in [0.4, 0.5) is 4.79 Å². The molecule has 0 radical (unpaired) electrons. The molecule has 11 N–H and O–H groups in total. The number of aliphatic hydroxyl groups excluding tert-OH is 6. The van der Waals surface area contributed by atoms with Crippen molar-refractivity contribution in [2.24, 2.45) is 5.92 Å². The van der Waals surface area contributed by atoms with Crippen LogP contribution in [0.5, 0.6) is 11.5 Å². The van der Waals surface area contributed by atoms with E-state index in [4.69, 9.17) is 27.4 Å². The van der Waals surface area contributed by atoms with Gasteiger partial charge in [-0.05, 0) is 51.0 Å². The number of aliphatic hydroxyl groups is 6. The maximum Gasteiger partial charge on any atom is 0.408 e. The molecule has 3 aliphatic heterocycles. The maximum absolute atomic E-state index is 14.6. The highest BCUT2D eigenvalue weighted by molar-refractivity contribution is 5.98. The Kier molecular flexibility index (Phi) is 20.1. The summed E-state index contributed by atoms with van der Waals surface area (Å²) in [5.41, 5.74) is -0.00253. The van der Waals surface area contributed by atoms with Gasteiger partial charge in [0.1, 0.15) is 48.5 Å². The molecule has 2 aromatic rings. The predicted molar refractivity (Wildman–Crippen MR) is 258 cm³/mol.